The molecule has 3 heteroatoms. The fraction of sp³-hybridized carbons (Fsp3) is 0.833. The minimum Gasteiger partial charge on any atom is -0.462 e. The predicted octanol–water partition coefficient (Wildman–Crippen LogP) is 5.48. The maximum atomic E-state index is 11.4. The normalized spacial score (nSPS) is 47.7. The Morgan fingerprint density at radius 2 is 1.81 bits per heavy atom. The van der Waals surface area contributed by atoms with Crippen molar-refractivity contribution in [2.75, 3.05) is 0 Å². The van der Waals surface area contributed by atoms with Crippen LogP contribution < -0.4 is 0 Å². The van der Waals surface area contributed by atoms with Crippen LogP contribution in [-0.2, 0) is 9.53 Å². The van der Waals surface area contributed by atoms with Crippen LogP contribution in [-0.4, -0.2) is 23.8 Å². The smallest absolute Gasteiger partial charge is 0.302 e. The fourth-order valence-corrected chi connectivity index (χ4v) is 7.39. The first-order valence-corrected chi connectivity index (χ1v) is 11.3. The molecular formula is C24H35NO2. The number of esters is 1. The van der Waals surface area contributed by atoms with Gasteiger partial charge >= 0.3 is 5.97 Å². The molecule has 27 heavy (non-hydrogen) atoms. The number of aliphatic imine (C=N–C) groups is 1. The second-order valence-electron chi connectivity index (χ2n) is 10.5. The molecule has 6 atom stereocenters. The summed E-state index contributed by atoms with van der Waals surface area (Å²) >= 11 is 0. The molecule has 5 aliphatic carbocycles. The number of nitrogens with zero attached hydrogens (tertiary/aromatic N) is 1. The first-order chi connectivity index (χ1) is 12.9. The lowest BCUT2D eigenvalue weighted by atomic mass is 9.48. The quantitative estimate of drug-likeness (QED) is 0.477. The lowest BCUT2D eigenvalue weighted by Crippen LogP contribution is -2.50. The van der Waals surface area contributed by atoms with E-state index in [9.17, 15) is 4.79 Å². The Hall–Kier alpha value is -1.12. The van der Waals surface area contributed by atoms with Gasteiger partial charge in [0.15, 0.2) is 0 Å². The van der Waals surface area contributed by atoms with Gasteiger partial charge in [0.2, 0.25) is 0 Å². The van der Waals surface area contributed by atoms with Crippen molar-refractivity contribution in [2.24, 2.45) is 33.6 Å². The SMILES string of the molecule is CC(=O)O[C@H]1CC[C@@]2(C)C(=CC[C@@H]3[C@@H]2CC[C@]2(C)C(=NC4CC4)CC[C@@H]32)C1. The number of hydrogen-bond acceptors (Lipinski definition) is 3. The highest BCUT2D eigenvalue weighted by molar-refractivity contribution is 5.92. The second kappa shape index (κ2) is 6.19. The van der Waals surface area contributed by atoms with E-state index >= 15 is 0 Å². The maximum absolute atomic E-state index is 11.4. The van der Waals surface area contributed by atoms with E-state index < -0.39 is 0 Å². The van der Waals surface area contributed by atoms with Crippen LogP contribution in [0.1, 0.15) is 85.0 Å². The highest BCUT2D eigenvalue weighted by Gasteiger charge is 2.58. The van der Waals surface area contributed by atoms with Crippen molar-refractivity contribution >= 4 is 11.7 Å². The van der Waals surface area contributed by atoms with E-state index in [1.54, 1.807) is 18.2 Å². The topological polar surface area (TPSA) is 38.7 Å². The van der Waals surface area contributed by atoms with Gasteiger partial charge in [0.1, 0.15) is 6.10 Å². The Bertz CT molecular complexity index is 705. The van der Waals surface area contributed by atoms with E-state index in [0.717, 1.165) is 30.6 Å². The Morgan fingerprint density at radius 1 is 1.07 bits per heavy atom. The minimum absolute atomic E-state index is 0.107. The molecule has 0 aromatic rings. The van der Waals surface area contributed by atoms with Crippen molar-refractivity contribution in [2.45, 2.75) is 97.1 Å². The maximum Gasteiger partial charge on any atom is 0.302 e. The summed E-state index contributed by atoms with van der Waals surface area (Å²) in [7, 11) is 0. The van der Waals surface area contributed by atoms with Gasteiger partial charge in [-0.3, -0.25) is 9.79 Å². The van der Waals surface area contributed by atoms with Crippen molar-refractivity contribution in [1.82, 2.24) is 0 Å². The average molecular weight is 370 g/mol. The van der Waals surface area contributed by atoms with Crippen molar-refractivity contribution < 1.29 is 9.53 Å². The summed E-state index contributed by atoms with van der Waals surface area (Å²) in [6, 6.07) is 0.667. The summed E-state index contributed by atoms with van der Waals surface area (Å²) in [5, 5.41) is 0. The summed E-state index contributed by atoms with van der Waals surface area (Å²) in [6.45, 7) is 6.61. The molecule has 4 saturated carbocycles. The van der Waals surface area contributed by atoms with Crippen LogP contribution in [0, 0.1) is 28.6 Å². The van der Waals surface area contributed by atoms with Crippen LogP contribution in [0.4, 0.5) is 0 Å². The molecular weight excluding hydrogens is 334 g/mol. The van der Waals surface area contributed by atoms with Crippen molar-refractivity contribution in [3.63, 3.8) is 0 Å². The molecule has 0 aromatic heterocycles. The Kier molecular flexibility index (Phi) is 4.11. The number of rotatable bonds is 2. The third-order valence-electron chi connectivity index (χ3n) is 9.02. The first kappa shape index (κ1) is 17.9. The van der Waals surface area contributed by atoms with E-state index in [1.807, 2.05) is 0 Å². The first-order valence-electron chi connectivity index (χ1n) is 11.3. The molecule has 0 aromatic carbocycles. The largest absolute Gasteiger partial charge is 0.462 e. The molecule has 0 bridgehead atoms. The Balaban J connectivity index is 1.39. The number of allylic oxidation sites excluding steroid dienone is 1. The van der Waals surface area contributed by atoms with E-state index in [0.29, 0.717) is 16.9 Å². The molecule has 0 saturated heterocycles. The number of fused-ring (bicyclic) bond motifs is 5. The zero-order chi connectivity index (χ0) is 18.8. The van der Waals surface area contributed by atoms with E-state index in [-0.39, 0.29) is 12.1 Å². The molecule has 0 amide bonds. The Labute approximate surface area is 164 Å². The van der Waals surface area contributed by atoms with Gasteiger partial charge in [0.25, 0.3) is 0 Å². The molecule has 0 spiro atoms. The van der Waals surface area contributed by atoms with Crippen molar-refractivity contribution in [1.29, 1.82) is 0 Å². The molecule has 148 valence electrons. The fourth-order valence-electron chi connectivity index (χ4n) is 7.39. The number of carbonyl (C=O) groups is 1. The van der Waals surface area contributed by atoms with Gasteiger partial charge in [-0.15, -0.1) is 0 Å². The second-order valence-corrected chi connectivity index (χ2v) is 10.5. The van der Waals surface area contributed by atoms with Gasteiger partial charge in [0.05, 0.1) is 6.04 Å². The van der Waals surface area contributed by atoms with Crippen molar-refractivity contribution in [3.05, 3.63) is 11.6 Å². The number of carbonyl (C=O) groups excluding carboxylic acids is 1. The predicted molar refractivity (Wildman–Crippen MR) is 108 cm³/mol. The summed E-state index contributed by atoms with van der Waals surface area (Å²) in [5.41, 5.74) is 3.87. The minimum atomic E-state index is -0.125. The lowest BCUT2D eigenvalue weighted by molar-refractivity contribution is -0.148. The molecule has 0 heterocycles. The van der Waals surface area contributed by atoms with Gasteiger partial charge in [-0.2, -0.15) is 0 Å². The molecule has 5 rings (SSSR count). The zero-order valence-electron chi connectivity index (χ0n) is 17.3. The molecule has 0 aliphatic heterocycles. The Morgan fingerprint density at radius 3 is 2.56 bits per heavy atom. The van der Waals surface area contributed by atoms with Crippen LogP contribution >= 0.6 is 0 Å². The molecule has 4 fully saturated rings. The monoisotopic (exact) mass is 369 g/mol. The van der Waals surface area contributed by atoms with Crippen LogP contribution in [0.5, 0.6) is 0 Å². The van der Waals surface area contributed by atoms with Crippen molar-refractivity contribution in [3.8, 4) is 0 Å². The summed E-state index contributed by atoms with van der Waals surface area (Å²) in [6.07, 6.45) is 15.0. The molecule has 0 N–H and O–H groups in total. The van der Waals surface area contributed by atoms with Crippen LogP contribution in [0.25, 0.3) is 0 Å². The van der Waals surface area contributed by atoms with Gasteiger partial charge in [0, 0.05) is 24.5 Å². The zero-order valence-corrected chi connectivity index (χ0v) is 17.3. The van der Waals surface area contributed by atoms with Gasteiger partial charge < -0.3 is 4.74 Å². The number of ether oxygens (including phenoxy) is 1. The third kappa shape index (κ3) is 2.83. The average Bonchev–Trinajstić information content (AvgIpc) is 3.37. The third-order valence-corrected chi connectivity index (χ3v) is 9.02. The summed E-state index contributed by atoms with van der Waals surface area (Å²) in [4.78, 5) is 16.6. The van der Waals surface area contributed by atoms with Crippen LogP contribution in [0.15, 0.2) is 16.6 Å². The van der Waals surface area contributed by atoms with Gasteiger partial charge in [-0.05, 0) is 81.0 Å². The molecule has 5 aliphatic rings. The summed E-state index contributed by atoms with van der Waals surface area (Å²) in [5.74, 6) is 2.35. The number of hydrogen-bond donors (Lipinski definition) is 0. The molecule has 0 unspecified atom stereocenters. The van der Waals surface area contributed by atoms with Crippen LogP contribution in [0.3, 0.4) is 0 Å². The standard InChI is InChI=1S/C24H35NO2/c1-15(26)27-18-10-12-23(2)16(14-18)4-7-19-20-8-9-22(25-17-5-6-17)24(20,3)13-11-21(19)23/h4,17-21H,5-14H2,1-3H3/t18-,19-,20-,21-,23-,24-/m0/s1. The molecule has 0 radical (unpaired) electrons. The molecule has 3 nitrogen and oxygen atoms in total. The van der Waals surface area contributed by atoms with E-state index in [4.69, 9.17) is 9.73 Å². The highest BCUT2D eigenvalue weighted by Crippen LogP contribution is 2.64. The van der Waals surface area contributed by atoms with Gasteiger partial charge in [-0.25, -0.2) is 0 Å². The van der Waals surface area contributed by atoms with Gasteiger partial charge in [-0.1, -0.05) is 25.5 Å². The summed E-state index contributed by atoms with van der Waals surface area (Å²) < 4.78 is 5.57. The van der Waals surface area contributed by atoms with E-state index in [1.165, 1.54) is 51.4 Å². The van der Waals surface area contributed by atoms with E-state index in [2.05, 4.69) is 19.9 Å². The van der Waals surface area contributed by atoms with Crippen LogP contribution in [0.2, 0.25) is 0 Å². The lowest BCUT2D eigenvalue weighted by Gasteiger charge is -2.57. The highest BCUT2D eigenvalue weighted by atomic mass is 16.5.